The maximum absolute atomic E-state index is 13.9. The molecule has 4 aromatic rings. The zero-order valence-corrected chi connectivity index (χ0v) is 19.6. The van der Waals surface area contributed by atoms with E-state index in [0.717, 1.165) is 5.75 Å². The Bertz CT molecular complexity index is 1390. The number of rotatable bonds is 4. The minimum atomic E-state index is -0.387. The highest BCUT2D eigenvalue weighted by Gasteiger charge is 2.61. The quantitative estimate of drug-likeness (QED) is 0.347. The van der Waals surface area contributed by atoms with Gasteiger partial charge in [0, 0.05) is 11.8 Å². The molecule has 1 heterocycles. The van der Waals surface area contributed by atoms with Crippen molar-refractivity contribution in [2.75, 3.05) is 12.0 Å². The third-order valence-corrected chi connectivity index (χ3v) is 7.84. The summed E-state index contributed by atoms with van der Waals surface area (Å²) in [5, 5.41) is 0. The number of ether oxygens (including phenoxy) is 2. The molecule has 0 saturated carbocycles. The monoisotopic (exact) mass is 473 g/mol. The molecule has 1 saturated heterocycles. The number of anilines is 1. The summed E-state index contributed by atoms with van der Waals surface area (Å²) in [7, 11) is 1.62. The summed E-state index contributed by atoms with van der Waals surface area (Å²) >= 11 is 0. The highest BCUT2D eigenvalue weighted by atomic mass is 16.5. The molecule has 0 N–H and O–H groups in total. The van der Waals surface area contributed by atoms with Gasteiger partial charge in [0.15, 0.2) is 0 Å². The lowest BCUT2D eigenvalue weighted by Gasteiger charge is -2.45. The summed E-state index contributed by atoms with van der Waals surface area (Å²) in [6.07, 6.45) is 0. The Labute approximate surface area is 208 Å². The van der Waals surface area contributed by atoms with Crippen LogP contribution in [0.4, 0.5) is 5.69 Å². The van der Waals surface area contributed by atoms with Gasteiger partial charge in [-0.05, 0) is 70.8 Å². The Morgan fingerprint density at radius 1 is 0.556 bits per heavy atom. The largest absolute Gasteiger partial charge is 0.497 e. The van der Waals surface area contributed by atoms with E-state index in [1.54, 1.807) is 31.4 Å². The minimum Gasteiger partial charge on any atom is -0.497 e. The molecule has 4 aromatic carbocycles. The van der Waals surface area contributed by atoms with Gasteiger partial charge in [0.2, 0.25) is 11.8 Å². The maximum atomic E-state index is 13.9. The number of methoxy groups -OCH3 is 1. The van der Waals surface area contributed by atoms with Crippen LogP contribution in [0.5, 0.6) is 17.2 Å². The molecule has 5 nitrogen and oxygen atoms in total. The van der Waals surface area contributed by atoms with E-state index in [4.69, 9.17) is 9.47 Å². The normalized spacial score (nSPS) is 23.2. The van der Waals surface area contributed by atoms with Crippen LogP contribution in [-0.4, -0.2) is 18.9 Å². The van der Waals surface area contributed by atoms with Crippen molar-refractivity contribution in [3.05, 3.63) is 119 Å². The van der Waals surface area contributed by atoms with E-state index in [9.17, 15) is 9.59 Å². The number of benzene rings is 4. The Hall–Kier alpha value is -4.38. The SMILES string of the molecule is COc1ccc(Oc2ccc(N3C(=O)[C@H]4C5c6ccccc6C(c6ccccc65)[C@@H]4C3=O)cc2)cc1. The molecular weight excluding hydrogens is 450 g/mol. The molecule has 0 unspecified atom stereocenters. The summed E-state index contributed by atoms with van der Waals surface area (Å²) in [5.74, 6) is 0.836. The van der Waals surface area contributed by atoms with Crippen LogP contribution in [0.1, 0.15) is 34.1 Å². The average Bonchev–Trinajstić information content (AvgIpc) is 3.20. The van der Waals surface area contributed by atoms with Crippen LogP contribution in [0.2, 0.25) is 0 Å². The highest BCUT2D eigenvalue weighted by Crippen LogP contribution is 2.61. The third-order valence-electron chi connectivity index (χ3n) is 7.84. The van der Waals surface area contributed by atoms with Gasteiger partial charge < -0.3 is 9.47 Å². The third kappa shape index (κ3) is 2.89. The summed E-state index contributed by atoms with van der Waals surface area (Å²) in [6, 6.07) is 31.0. The molecule has 0 aromatic heterocycles. The van der Waals surface area contributed by atoms with Crippen molar-refractivity contribution in [2.24, 2.45) is 11.8 Å². The standard InChI is InChI=1S/C31H23NO4/c1-35-19-14-16-21(17-15-19)36-20-12-10-18(11-13-20)32-30(33)28-26-22-6-2-3-7-23(22)27(29(28)31(32)34)25-9-5-4-8-24(25)26/h2-17,26-29H,1H3/t26?,27?,28-,29-/m0/s1. The summed E-state index contributed by atoms with van der Waals surface area (Å²) in [4.78, 5) is 29.1. The van der Waals surface area contributed by atoms with E-state index in [-0.39, 0.29) is 35.5 Å². The van der Waals surface area contributed by atoms with Crippen molar-refractivity contribution in [3.63, 3.8) is 0 Å². The molecule has 2 amide bonds. The molecule has 176 valence electrons. The molecular formula is C31H23NO4. The summed E-state index contributed by atoms with van der Waals surface area (Å²) < 4.78 is 11.1. The Kier molecular flexibility index (Phi) is 4.55. The van der Waals surface area contributed by atoms with Crippen LogP contribution in [-0.2, 0) is 9.59 Å². The number of hydrogen-bond donors (Lipinski definition) is 0. The number of imide groups is 1. The van der Waals surface area contributed by atoms with Gasteiger partial charge in [0.25, 0.3) is 0 Å². The fourth-order valence-corrected chi connectivity index (χ4v) is 6.37. The Balaban J connectivity index is 1.22. The zero-order valence-electron chi connectivity index (χ0n) is 19.6. The van der Waals surface area contributed by atoms with Gasteiger partial charge in [0.1, 0.15) is 17.2 Å². The topological polar surface area (TPSA) is 55.8 Å². The van der Waals surface area contributed by atoms with Crippen LogP contribution >= 0.6 is 0 Å². The lowest BCUT2D eigenvalue weighted by atomic mass is 9.55. The van der Waals surface area contributed by atoms with E-state index in [1.165, 1.54) is 27.2 Å². The second kappa shape index (κ2) is 7.82. The average molecular weight is 474 g/mol. The number of carbonyl (C=O) groups is 2. The number of nitrogens with zero attached hydrogens (tertiary/aromatic N) is 1. The Morgan fingerprint density at radius 2 is 0.944 bits per heavy atom. The van der Waals surface area contributed by atoms with Crippen LogP contribution in [0.3, 0.4) is 0 Å². The second-order valence-electron chi connectivity index (χ2n) is 9.55. The first-order chi connectivity index (χ1) is 17.7. The van der Waals surface area contributed by atoms with Crippen LogP contribution < -0.4 is 14.4 Å². The minimum absolute atomic E-state index is 0.105. The van der Waals surface area contributed by atoms with Gasteiger partial charge >= 0.3 is 0 Å². The predicted molar refractivity (Wildman–Crippen MR) is 136 cm³/mol. The smallest absolute Gasteiger partial charge is 0.238 e. The fourth-order valence-electron chi connectivity index (χ4n) is 6.37. The van der Waals surface area contributed by atoms with Gasteiger partial charge in [-0.1, -0.05) is 48.5 Å². The maximum Gasteiger partial charge on any atom is 0.238 e. The van der Waals surface area contributed by atoms with Crippen molar-refractivity contribution < 1.29 is 19.1 Å². The lowest BCUT2D eigenvalue weighted by Crippen LogP contribution is -2.41. The predicted octanol–water partition coefficient (Wildman–Crippen LogP) is 5.88. The van der Waals surface area contributed by atoms with Gasteiger partial charge in [-0.15, -0.1) is 0 Å². The molecule has 36 heavy (non-hydrogen) atoms. The Morgan fingerprint density at radius 3 is 1.36 bits per heavy atom. The number of carbonyl (C=O) groups excluding carboxylic acids is 2. The van der Waals surface area contributed by atoms with Gasteiger partial charge in [-0.25, -0.2) is 4.90 Å². The van der Waals surface area contributed by atoms with Crippen molar-refractivity contribution >= 4 is 17.5 Å². The molecule has 3 aliphatic carbocycles. The van der Waals surface area contributed by atoms with Crippen LogP contribution in [0, 0.1) is 11.8 Å². The first-order valence-electron chi connectivity index (χ1n) is 12.1. The van der Waals surface area contributed by atoms with Crippen molar-refractivity contribution in [1.29, 1.82) is 0 Å². The van der Waals surface area contributed by atoms with Gasteiger partial charge in [-0.3, -0.25) is 9.59 Å². The van der Waals surface area contributed by atoms with E-state index < -0.39 is 0 Å². The number of hydrogen-bond acceptors (Lipinski definition) is 4. The first-order valence-corrected chi connectivity index (χ1v) is 12.1. The molecule has 1 aliphatic heterocycles. The molecule has 4 aliphatic rings. The zero-order chi connectivity index (χ0) is 24.4. The molecule has 8 rings (SSSR count). The van der Waals surface area contributed by atoms with Crippen molar-refractivity contribution in [3.8, 4) is 17.2 Å². The molecule has 0 radical (unpaired) electrons. The highest BCUT2D eigenvalue weighted by molar-refractivity contribution is 6.23. The molecule has 1 fully saturated rings. The van der Waals surface area contributed by atoms with E-state index >= 15 is 0 Å². The van der Waals surface area contributed by atoms with E-state index in [0.29, 0.717) is 17.2 Å². The van der Waals surface area contributed by atoms with Crippen molar-refractivity contribution in [2.45, 2.75) is 11.8 Å². The number of amides is 2. The van der Waals surface area contributed by atoms with E-state index in [2.05, 4.69) is 24.3 Å². The second-order valence-corrected chi connectivity index (χ2v) is 9.55. The first kappa shape index (κ1) is 20.9. The molecule has 0 spiro atoms. The summed E-state index contributed by atoms with van der Waals surface area (Å²) in [5.41, 5.74) is 5.28. The molecule has 2 bridgehead atoms. The molecule has 5 heteroatoms. The van der Waals surface area contributed by atoms with Gasteiger partial charge in [-0.2, -0.15) is 0 Å². The lowest BCUT2D eigenvalue weighted by molar-refractivity contribution is -0.122. The van der Waals surface area contributed by atoms with E-state index in [1.807, 2.05) is 48.5 Å². The van der Waals surface area contributed by atoms with Crippen LogP contribution in [0.15, 0.2) is 97.1 Å². The summed E-state index contributed by atoms with van der Waals surface area (Å²) in [6.45, 7) is 0. The van der Waals surface area contributed by atoms with Crippen LogP contribution in [0.25, 0.3) is 0 Å². The van der Waals surface area contributed by atoms with Crippen molar-refractivity contribution in [1.82, 2.24) is 0 Å². The van der Waals surface area contributed by atoms with Gasteiger partial charge in [0.05, 0.1) is 24.6 Å². The molecule has 2 atom stereocenters. The fraction of sp³-hybridized carbons (Fsp3) is 0.161.